The Morgan fingerprint density at radius 1 is 1.29 bits per heavy atom. The smallest absolute Gasteiger partial charge is 0.0307 e. The molecule has 17 heavy (non-hydrogen) atoms. The van der Waals surface area contributed by atoms with Gasteiger partial charge >= 0.3 is 0 Å². The summed E-state index contributed by atoms with van der Waals surface area (Å²) in [6.45, 7) is 7.51. The highest BCUT2D eigenvalue weighted by atomic mass is 15.2. The van der Waals surface area contributed by atoms with Crippen LogP contribution in [0.2, 0.25) is 0 Å². The summed E-state index contributed by atoms with van der Waals surface area (Å²) >= 11 is 0. The Balaban J connectivity index is 2.16. The Morgan fingerprint density at radius 3 is 2.65 bits per heavy atom. The second kappa shape index (κ2) is 5.19. The molecule has 1 aromatic carbocycles. The van der Waals surface area contributed by atoms with E-state index in [0.29, 0.717) is 0 Å². The number of hydrogen-bond acceptors (Lipinski definition) is 2. The van der Waals surface area contributed by atoms with Crippen molar-refractivity contribution in [2.75, 3.05) is 13.1 Å². The molecule has 1 heterocycles. The van der Waals surface area contributed by atoms with Crippen LogP contribution in [-0.2, 0) is 13.0 Å². The van der Waals surface area contributed by atoms with E-state index >= 15 is 0 Å². The molecule has 0 spiro atoms. The third-order valence-electron chi connectivity index (χ3n) is 4.12. The second-order valence-electron chi connectivity index (χ2n) is 5.39. The number of nitrogens with zero attached hydrogens (tertiary/aromatic N) is 1. The summed E-state index contributed by atoms with van der Waals surface area (Å²) in [6.07, 6.45) is 3.55. The first-order valence-corrected chi connectivity index (χ1v) is 6.71. The minimum Gasteiger partial charge on any atom is -0.329 e. The SMILES string of the molecule is CCCC(C)(CN)N1CCc2ccccc2C1. The van der Waals surface area contributed by atoms with Crippen LogP contribution in [0.4, 0.5) is 0 Å². The molecule has 0 saturated heterocycles. The van der Waals surface area contributed by atoms with Crippen LogP contribution in [0.15, 0.2) is 24.3 Å². The first-order chi connectivity index (χ1) is 8.19. The third kappa shape index (κ3) is 2.53. The number of benzene rings is 1. The molecule has 1 aromatic rings. The van der Waals surface area contributed by atoms with E-state index in [-0.39, 0.29) is 5.54 Å². The molecule has 2 heteroatoms. The number of rotatable bonds is 4. The van der Waals surface area contributed by atoms with Crippen molar-refractivity contribution in [2.45, 2.75) is 45.2 Å². The summed E-state index contributed by atoms with van der Waals surface area (Å²) in [6, 6.07) is 8.79. The molecule has 0 aliphatic carbocycles. The molecule has 2 rings (SSSR count). The molecule has 2 nitrogen and oxygen atoms in total. The zero-order valence-corrected chi connectivity index (χ0v) is 11.1. The van der Waals surface area contributed by atoms with Crippen molar-refractivity contribution in [2.24, 2.45) is 5.73 Å². The van der Waals surface area contributed by atoms with E-state index in [1.54, 1.807) is 0 Å². The molecule has 1 aliphatic rings. The Hall–Kier alpha value is -0.860. The van der Waals surface area contributed by atoms with Gasteiger partial charge in [0.15, 0.2) is 0 Å². The lowest BCUT2D eigenvalue weighted by Crippen LogP contribution is -2.53. The highest BCUT2D eigenvalue weighted by molar-refractivity contribution is 5.29. The van der Waals surface area contributed by atoms with Gasteiger partial charge in [0.2, 0.25) is 0 Å². The molecule has 2 N–H and O–H groups in total. The highest BCUT2D eigenvalue weighted by Crippen LogP contribution is 2.27. The van der Waals surface area contributed by atoms with Crippen molar-refractivity contribution >= 4 is 0 Å². The van der Waals surface area contributed by atoms with Gasteiger partial charge in [-0.15, -0.1) is 0 Å². The Labute approximate surface area is 105 Å². The monoisotopic (exact) mass is 232 g/mol. The van der Waals surface area contributed by atoms with E-state index in [9.17, 15) is 0 Å². The molecule has 0 fully saturated rings. The van der Waals surface area contributed by atoms with Gasteiger partial charge in [-0.2, -0.15) is 0 Å². The highest BCUT2D eigenvalue weighted by Gasteiger charge is 2.31. The average molecular weight is 232 g/mol. The van der Waals surface area contributed by atoms with Crippen LogP contribution < -0.4 is 5.73 Å². The standard InChI is InChI=1S/C15H24N2/c1-3-9-15(2,12-16)17-10-8-13-6-4-5-7-14(13)11-17/h4-7H,3,8-12,16H2,1-2H3. The summed E-state index contributed by atoms with van der Waals surface area (Å²) in [5.41, 5.74) is 9.17. The zero-order valence-electron chi connectivity index (χ0n) is 11.1. The molecule has 0 amide bonds. The van der Waals surface area contributed by atoms with Gasteiger partial charge in [-0.1, -0.05) is 37.6 Å². The third-order valence-corrected chi connectivity index (χ3v) is 4.12. The van der Waals surface area contributed by atoms with Crippen molar-refractivity contribution in [3.8, 4) is 0 Å². The van der Waals surface area contributed by atoms with E-state index in [1.165, 1.54) is 24.0 Å². The lowest BCUT2D eigenvalue weighted by molar-refractivity contribution is 0.0859. The van der Waals surface area contributed by atoms with Gasteiger partial charge in [0, 0.05) is 25.2 Å². The molecule has 1 atom stereocenters. The van der Waals surface area contributed by atoms with Gasteiger partial charge in [-0.05, 0) is 30.9 Å². The molecule has 0 bridgehead atoms. The molecule has 0 aromatic heterocycles. The lowest BCUT2D eigenvalue weighted by Gasteiger charge is -2.43. The van der Waals surface area contributed by atoms with Gasteiger partial charge in [0.25, 0.3) is 0 Å². The van der Waals surface area contributed by atoms with Gasteiger partial charge in [-0.25, -0.2) is 0 Å². The molecular weight excluding hydrogens is 208 g/mol. The van der Waals surface area contributed by atoms with Crippen LogP contribution in [0.5, 0.6) is 0 Å². The van der Waals surface area contributed by atoms with E-state index in [0.717, 1.165) is 26.1 Å². The minimum atomic E-state index is 0.169. The second-order valence-corrected chi connectivity index (χ2v) is 5.39. The quantitative estimate of drug-likeness (QED) is 0.864. The van der Waals surface area contributed by atoms with E-state index in [2.05, 4.69) is 43.0 Å². The molecule has 1 aliphatic heterocycles. The fourth-order valence-electron chi connectivity index (χ4n) is 2.88. The Kier molecular flexibility index (Phi) is 3.85. The predicted molar refractivity (Wildman–Crippen MR) is 72.9 cm³/mol. The van der Waals surface area contributed by atoms with Crippen molar-refractivity contribution in [1.29, 1.82) is 0 Å². The summed E-state index contributed by atoms with van der Waals surface area (Å²) in [7, 11) is 0. The van der Waals surface area contributed by atoms with Crippen molar-refractivity contribution in [1.82, 2.24) is 4.90 Å². The maximum absolute atomic E-state index is 6.00. The van der Waals surface area contributed by atoms with Crippen LogP contribution >= 0.6 is 0 Å². The topological polar surface area (TPSA) is 29.3 Å². The maximum atomic E-state index is 6.00. The molecular formula is C15H24N2. The molecule has 1 unspecified atom stereocenters. The zero-order chi connectivity index (χ0) is 12.3. The van der Waals surface area contributed by atoms with Crippen molar-refractivity contribution in [3.63, 3.8) is 0 Å². The van der Waals surface area contributed by atoms with Gasteiger partial charge in [-0.3, -0.25) is 4.90 Å². The molecule has 94 valence electrons. The summed E-state index contributed by atoms with van der Waals surface area (Å²) in [4.78, 5) is 2.57. The summed E-state index contributed by atoms with van der Waals surface area (Å²) in [5, 5.41) is 0. The van der Waals surface area contributed by atoms with Crippen molar-refractivity contribution < 1.29 is 0 Å². The summed E-state index contributed by atoms with van der Waals surface area (Å²) in [5.74, 6) is 0. The van der Waals surface area contributed by atoms with E-state index in [4.69, 9.17) is 5.73 Å². The minimum absolute atomic E-state index is 0.169. The van der Waals surface area contributed by atoms with E-state index in [1.807, 2.05) is 0 Å². The predicted octanol–water partition coefficient (Wildman–Crippen LogP) is 2.56. The maximum Gasteiger partial charge on any atom is 0.0307 e. The van der Waals surface area contributed by atoms with E-state index < -0.39 is 0 Å². The van der Waals surface area contributed by atoms with Crippen molar-refractivity contribution in [3.05, 3.63) is 35.4 Å². The largest absolute Gasteiger partial charge is 0.329 e. The molecule has 0 radical (unpaired) electrons. The molecule has 0 saturated carbocycles. The first-order valence-electron chi connectivity index (χ1n) is 6.71. The normalized spacial score (nSPS) is 19.7. The first kappa shape index (κ1) is 12.6. The number of fused-ring (bicyclic) bond motifs is 1. The van der Waals surface area contributed by atoms with Gasteiger partial charge < -0.3 is 5.73 Å². The average Bonchev–Trinajstić information content (AvgIpc) is 2.38. The summed E-state index contributed by atoms with van der Waals surface area (Å²) < 4.78 is 0. The van der Waals surface area contributed by atoms with Crippen LogP contribution in [0.3, 0.4) is 0 Å². The van der Waals surface area contributed by atoms with Crippen LogP contribution in [0.1, 0.15) is 37.8 Å². The van der Waals surface area contributed by atoms with Crippen LogP contribution in [-0.4, -0.2) is 23.5 Å². The van der Waals surface area contributed by atoms with Gasteiger partial charge in [0.05, 0.1) is 0 Å². The fourth-order valence-corrected chi connectivity index (χ4v) is 2.88. The van der Waals surface area contributed by atoms with Crippen LogP contribution in [0, 0.1) is 0 Å². The Morgan fingerprint density at radius 2 is 2.00 bits per heavy atom. The van der Waals surface area contributed by atoms with Gasteiger partial charge in [0.1, 0.15) is 0 Å². The number of hydrogen-bond donors (Lipinski definition) is 1. The lowest BCUT2D eigenvalue weighted by atomic mass is 9.89. The fraction of sp³-hybridized carbons (Fsp3) is 0.600. The Bertz CT molecular complexity index is 375. The van der Waals surface area contributed by atoms with Crippen LogP contribution in [0.25, 0.3) is 0 Å². The number of nitrogens with two attached hydrogens (primary N) is 1.